The number of hydrogen-bond acceptors (Lipinski definition) is 7. The van der Waals surface area contributed by atoms with E-state index < -0.39 is 24.9 Å². The first-order chi connectivity index (χ1) is 14.9. The minimum absolute atomic E-state index is 0.0160. The van der Waals surface area contributed by atoms with Gasteiger partial charge >= 0.3 is 11.8 Å². The van der Waals surface area contributed by atoms with Crippen LogP contribution in [0.3, 0.4) is 0 Å². The molecular formula is C20H17ClF3O5PS2. The van der Waals surface area contributed by atoms with Crippen molar-refractivity contribution in [1.82, 2.24) is 0 Å². The van der Waals surface area contributed by atoms with Gasteiger partial charge < -0.3 is 18.2 Å². The fraction of sp³-hybridized carbons (Fsp3) is 0.250. The fourth-order valence-corrected chi connectivity index (χ4v) is 5.19. The molecule has 0 saturated carbocycles. The Balaban J connectivity index is 2.23. The average Bonchev–Trinajstić information content (AvgIpc) is 3.24. The molecule has 0 fully saturated rings. The Labute approximate surface area is 195 Å². The van der Waals surface area contributed by atoms with Gasteiger partial charge in [-0.05, 0) is 47.9 Å². The lowest BCUT2D eigenvalue weighted by molar-refractivity contribution is -0.153. The van der Waals surface area contributed by atoms with Gasteiger partial charge in [-0.2, -0.15) is 13.2 Å². The lowest BCUT2D eigenvalue weighted by Gasteiger charge is -2.23. The Bertz CT molecular complexity index is 1230. The van der Waals surface area contributed by atoms with Crippen LogP contribution >= 0.6 is 29.4 Å². The van der Waals surface area contributed by atoms with Crippen molar-refractivity contribution >= 4 is 41.2 Å². The van der Waals surface area contributed by atoms with Gasteiger partial charge in [0.1, 0.15) is 16.3 Å². The first-order valence-corrected chi connectivity index (χ1v) is 13.3. The number of methoxy groups -OCH3 is 1. The van der Waals surface area contributed by atoms with Crippen molar-refractivity contribution in [3.63, 3.8) is 0 Å². The smallest absolute Gasteiger partial charge is 0.412 e. The first kappa shape index (κ1) is 24.8. The van der Waals surface area contributed by atoms with E-state index >= 15 is 0 Å². The van der Waals surface area contributed by atoms with E-state index in [-0.39, 0.29) is 27.7 Å². The highest BCUT2D eigenvalue weighted by Gasteiger charge is 2.33. The van der Waals surface area contributed by atoms with E-state index in [1.165, 1.54) is 25.1 Å². The minimum atomic E-state index is -4.60. The topological polar surface area (TPSA) is 57.9 Å². The highest BCUT2D eigenvalue weighted by Crippen LogP contribution is 2.52. The molecule has 1 unspecified atom stereocenters. The highest BCUT2D eigenvalue weighted by atomic mass is 35.5. The number of halogens is 4. The molecule has 3 aromatic rings. The Hall–Kier alpha value is -1.84. The molecule has 5 nitrogen and oxygen atoms in total. The van der Waals surface area contributed by atoms with Crippen molar-refractivity contribution in [3.8, 4) is 33.3 Å². The summed E-state index contributed by atoms with van der Waals surface area (Å²) in [6, 6.07) is 8.41. The quantitative estimate of drug-likeness (QED) is 0.313. The van der Waals surface area contributed by atoms with Gasteiger partial charge in [-0.3, -0.25) is 0 Å². The molecule has 0 radical (unpaired) electrons. The largest absolute Gasteiger partial charge is 0.496 e. The highest BCUT2D eigenvalue weighted by molar-refractivity contribution is 8.09. The zero-order valence-corrected chi connectivity index (χ0v) is 20.3. The SMILES string of the molecule is COc1cc(C)ccc1-c1c(OP(C)(=S)OCC(F)(F)F)c(Cl)c(-c2cccs2)oc1=O. The predicted octanol–water partition coefficient (Wildman–Crippen LogP) is 6.90. The van der Waals surface area contributed by atoms with Gasteiger partial charge in [-0.15, -0.1) is 11.3 Å². The van der Waals surface area contributed by atoms with E-state index in [2.05, 4.69) is 0 Å². The van der Waals surface area contributed by atoms with Gasteiger partial charge in [0.15, 0.2) is 18.1 Å². The predicted molar refractivity (Wildman–Crippen MR) is 123 cm³/mol. The number of rotatable bonds is 7. The van der Waals surface area contributed by atoms with Crippen LogP contribution in [-0.2, 0) is 16.3 Å². The molecule has 0 amide bonds. The van der Waals surface area contributed by atoms with Crippen LogP contribution in [0, 0.1) is 6.92 Å². The molecule has 0 aliphatic heterocycles. The van der Waals surface area contributed by atoms with Crippen molar-refractivity contribution < 1.29 is 31.4 Å². The zero-order valence-electron chi connectivity index (χ0n) is 17.0. The monoisotopic (exact) mass is 524 g/mol. The number of hydrogen-bond donors (Lipinski definition) is 0. The van der Waals surface area contributed by atoms with Crippen LogP contribution in [0.5, 0.6) is 11.5 Å². The number of benzene rings is 1. The molecule has 2 aromatic heterocycles. The lowest BCUT2D eigenvalue weighted by Crippen LogP contribution is -2.17. The normalized spacial score (nSPS) is 13.6. The maximum absolute atomic E-state index is 13.1. The van der Waals surface area contributed by atoms with E-state index in [1.54, 1.807) is 35.7 Å². The number of thiophene rings is 1. The van der Waals surface area contributed by atoms with Gasteiger partial charge in [-0.25, -0.2) is 4.79 Å². The summed E-state index contributed by atoms with van der Waals surface area (Å²) in [6.45, 7) is -2.07. The Morgan fingerprint density at radius 1 is 1.28 bits per heavy atom. The second-order valence-corrected chi connectivity index (χ2v) is 12.0. The van der Waals surface area contributed by atoms with Crippen LogP contribution in [-0.4, -0.2) is 26.6 Å². The molecule has 172 valence electrons. The van der Waals surface area contributed by atoms with Crippen LogP contribution in [0.1, 0.15) is 5.56 Å². The van der Waals surface area contributed by atoms with E-state index in [0.717, 1.165) is 5.56 Å². The van der Waals surface area contributed by atoms with Crippen LogP contribution < -0.4 is 14.9 Å². The Morgan fingerprint density at radius 3 is 2.59 bits per heavy atom. The average molecular weight is 525 g/mol. The molecule has 12 heteroatoms. The molecular weight excluding hydrogens is 508 g/mol. The lowest BCUT2D eigenvalue weighted by atomic mass is 10.0. The third-order valence-corrected chi connectivity index (χ3v) is 6.98. The van der Waals surface area contributed by atoms with Gasteiger partial charge in [-0.1, -0.05) is 23.7 Å². The molecule has 1 aromatic carbocycles. The van der Waals surface area contributed by atoms with E-state index in [4.69, 9.17) is 41.6 Å². The van der Waals surface area contributed by atoms with Crippen molar-refractivity contribution in [3.05, 3.63) is 56.7 Å². The molecule has 0 bridgehead atoms. The van der Waals surface area contributed by atoms with E-state index in [9.17, 15) is 18.0 Å². The van der Waals surface area contributed by atoms with Gasteiger partial charge in [0.2, 0.25) is 6.49 Å². The molecule has 0 N–H and O–H groups in total. The second kappa shape index (κ2) is 9.57. The summed E-state index contributed by atoms with van der Waals surface area (Å²) >= 11 is 13.0. The van der Waals surface area contributed by atoms with Gasteiger partial charge in [0.05, 0.1) is 12.0 Å². The zero-order chi connectivity index (χ0) is 23.7. The number of aryl methyl sites for hydroxylation is 1. The van der Waals surface area contributed by atoms with Gasteiger partial charge in [0.25, 0.3) is 0 Å². The van der Waals surface area contributed by atoms with Gasteiger partial charge in [0, 0.05) is 12.2 Å². The number of alkyl halides is 3. The van der Waals surface area contributed by atoms with Crippen LogP contribution in [0.4, 0.5) is 13.2 Å². The molecule has 32 heavy (non-hydrogen) atoms. The summed E-state index contributed by atoms with van der Waals surface area (Å²) in [5.74, 6) is 0.117. The second-order valence-electron chi connectivity index (χ2n) is 6.67. The summed E-state index contributed by atoms with van der Waals surface area (Å²) in [6.07, 6.45) is -4.60. The van der Waals surface area contributed by atoms with E-state index in [0.29, 0.717) is 10.6 Å². The Morgan fingerprint density at radius 2 is 2.00 bits per heavy atom. The minimum Gasteiger partial charge on any atom is -0.496 e. The standard InChI is InChI=1S/C20H17ClF3O5PS2/c1-11-6-7-12(13(9-11)26-2)15-18(29-30(3,31)27-10-20(22,23)24)16(21)17(28-19(15)25)14-5-4-8-32-14/h4-9H,10H2,1-3H3. The summed E-state index contributed by atoms with van der Waals surface area (Å²) in [7, 11) is 1.42. The van der Waals surface area contributed by atoms with Crippen LogP contribution in [0.15, 0.2) is 44.9 Å². The van der Waals surface area contributed by atoms with Crippen molar-refractivity contribution in [2.75, 3.05) is 20.4 Å². The maximum Gasteiger partial charge on any atom is 0.412 e. The summed E-state index contributed by atoms with van der Waals surface area (Å²) in [5, 5.41) is 1.64. The molecule has 2 heterocycles. The van der Waals surface area contributed by atoms with Crippen molar-refractivity contribution in [2.45, 2.75) is 13.1 Å². The van der Waals surface area contributed by atoms with Crippen LogP contribution in [0.25, 0.3) is 21.8 Å². The number of ether oxygens (including phenoxy) is 1. The fourth-order valence-electron chi connectivity index (χ4n) is 2.77. The third-order valence-electron chi connectivity index (χ3n) is 4.12. The summed E-state index contributed by atoms with van der Waals surface area (Å²) in [5.41, 5.74) is 0.194. The van der Waals surface area contributed by atoms with Crippen molar-refractivity contribution in [1.29, 1.82) is 0 Å². The third kappa shape index (κ3) is 5.74. The summed E-state index contributed by atoms with van der Waals surface area (Å²) in [4.78, 5) is 13.6. The molecule has 3 rings (SSSR count). The van der Waals surface area contributed by atoms with Crippen LogP contribution in [0.2, 0.25) is 5.02 Å². The van der Waals surface area contributed by atoms with Crippen molar-refractivity contribution in [2.24, 2.45) is 0 Å². The molecule has 0 aliphatic carbocycles. The summed E-state index contributed by atoms with van der Waals surface area (Å²) < 4.78 is 59.5. The Kier molecular flexibility index (Phi) is 7.41. The van der Waals surface area contributed by atoms with E-state index in [1.807, 2.05) is 6.92 Å². The molecule has 1 atom stereocenters. The maximum atomic E-state index is 13.1. The molecule has 0 spiro atoms. The first-order valence-electron chi connectivity index (χ1n) is 8.96. The molecule has 0 saturated heterocycles. The molecule has 0 aliphatic rings.